The van der Waals surface area contributed by atoms with Crippen molar-refractivity contribution in [3.05, 3.63) is 58.3 Å². The van der Waals surface area contributed by atoms with Crippen molar-refractivity contribution < 1.29 is 0 Å². The van der Waals surface area contributed by atoms with Crippen LogP contribution < -0.4 is 0 Å². The molecule has 1 atom stereocenters. The van der Waals surface area contributed by atoms with Gasteiger partial charge in [0.2, 0.25) is 0 Å². The van der Waals surface area contributed by atoms with Gasteiger partial charge in [0, 0.05) is 50.0 Å². The van der Waals surface area contributed by atoms with E-state index in [1.807, 2.05) is 17.1 Å². The Hall–Kier alpha value is -2.16. The molecule has 0 aromatic carbocycles. The van der Waals surface area contributed by atoms with Gasteiger partial charge in [-0.2, -0.15) is 0 Å². The van der Waals surface area contributed by atoms with Crippen molar-refractivity contribution in [2.24, 2.45) is 0 Å². The quantitative estimate of drug-likeness (QED) is 0.582. The second-order valence-electron chi connectivity index (χ2n) is 7.25. The molecule has 1 saturated heterocycles. The highest BCUT2D eigenvalue weighted by atomic mass is 32.1. The van der Waals surface area contributed by atoms with Crippen molar-refractivity contribution in [2.45, 2.75) is 38.9 Å². The molecular formula is C20H27N7S. The molecule has 8 heteroatoms. The average molecular weight is 398 g/mol. The number of pyridine rings is 1. The van der Waals surface area contributed by atoms with Crippen LogP contribution in [0.1, 0.15) is 42.1 Å². The second kappa shape index (κ2) is 9.36. The summed E-state index contributed by atoms with van der Waals surface area (Å²) in [5.41, 5.74) is 1.33. The number of thiophene rings is 1. The van der Waals surface area contributed by atoms with Gasteiger partial charge in [-0.3, -0.25) is 14.8 Å². The third-order valence-corrected chi connectivity index (χ3v) is 6.17. The zero-order valence-electron chi connectivity index (χ0n) is 16.3. The number of tetrazole rings is 1. The largest absolute Gasteiger partial charge is 0.297 e. The summed E-state index contributed by atoms with van der Waals surface area (Å²) in [5, 5.41) is 14.8. The van der Waals surface area contributed by atoms with Crippen LogP contribution in [0.3, 0.4) is 0 Å². The fourth-order valence-electron chi connectivity index (χ4n) is 3.84. The van der Waals surface area contributed by atoms with Crippen LogP contribution in [-0.4, -0.2) is 61.2 Å². The molecule has 3 aromatic heterocycles. The Kier molecular flexibility index (Phi) is 6.41. The lowest BCUT2D eigenvalue weighted by Gasteiger charge is -2.38. The predicted octanol–water partition coefficient (Wildman–Crippen LogP) is 2.84. The van der Waals surface area contributed by atoms with E-state index in [2.05, 4.69) is 66.9 Å². The minimum absolute atomic E-state index is 0.281. The Morgan fingerprint density at radius 1 is 1.07 bits per heavy atom. The molecule has 4 rings (SSSR count). The van der Waals surface area contributed by atoms with E-state index in [1.54, 1.807) is 11.3 Å². The van der Waals surface area contributed by atoms with Gasteiger partial charge in [0.1, 0.15) is 0 Å². The molecule has 3 aromatic rings. The minimum Gasteiger partial charge on any atom is -0.297 e. The number of hydrogen-bond donors (Lipinski definition) is 0. The van der Waals surface area contributed by atoms with Crippen LogP contribution in [0.15, 0.2) is 42.0 Å². The first-order valence-corrected chi connectivity index (χ1v) is 10.8. The van der Waals surface area contributed by atoms with E-state index in [0.29, 0.717) is 0 Å². The van der Waals surface area contributed by atoms with Gasteiger partial charge in [0.05, 0.1) is 12.6 Å². The molecule has 1 aliphatic rings. The fraction of sp³-hybridized carbons (Fsp3) is 0.500. The zero-order chi connectivity index (χ0) is 19.2. The molecule has 4 heterocycles. The first-order valence-electron chi connectivity index (χ1n) is 9.97. The maximum atomic E-state index is 4.42. The van der Waals surface area contributed by atoms with Gasteiger partial charge in [0.25, 0.3) is 0 Å². The first kappa shape index (κ1) is 19.2. The van der Waals surface area contributed by atoms with Crippen molar-refractivity contribution in [3.63, 3.8) is 0 Å². The molecule has 0 spiro atoms. The van der Waals surface area contributed by atoms with Crippen LogP contribution in [0.2, 0.25) is 0 Å². The van der Waals surface area contributed by atoms with Gasteiger partial charge >= 0.3 is 0 Å². The van der Waals surface area contributed by atoms with Crippen LogP contribution in [0.4, 0.5) is 0 Å². The van der Waals surface area contributed by atoms with Crippen LogP contribution in [0, 0.1) is 0 Å². The monoisotopic (exact) mass is 397 g/mol. The Bertz CT molecular complexity index is 825. The molecule has 1 aliphatic heterocycles. The van der Waals surface area contributed by atoms with Gasteiger partial charge in [0.15, 0.2) is 5.82 Å². The lowest BCUT2D eigenvalue weighted by molar-refractivity contribution is 0.0821. The normalized spacial score (nSPS) is 17.0. The molecule has 148 valence electrons. The van der Waals surface area contributed by atoms with Gasteiger partial charge < -0.3 is 0 Å². The number of rotatable bonds is 8. The van der Waals surface area contributed by atoms with Crippen molar-refractivity contribution >= 4 is 11.3 Å². The first-order chi connectivity index (χ1) is 13.8. The molecule has 0 radical (unpaired) electrons. The van der Waals surface area contributed by atoms with E-state index in [-0.39, 0.29) is 6.04 Å². The number of piperazine rings is 1. The van der Waals surface area contributed by atoms with Crippen LogP contribution >= 0.6 is 11.3 Å². The topological polar surface area (TPSA) is 63.0 Å². The Morgan fingerprint density at radius 2 is 1.89 bits per heavy atom. The average Bonchev–Trinajstić information content (AvgIpc) is 3.40. The molecule has 0 bridgehead atoms. The third-order valence-electron chi connectivity index (χ3n) is 5.31. The summed E-state index contributed by atoms with van der Waals surface area (Å²) < 4.78 is 1.98. The Labute approximate surface area is 170 Å². The molecule has 0 N–H and O–H groups in total. The van der Waals surface area contributed by atoms with Crippen LogP contribution in [-0.2, 0) is 13.1 Å². The number of hydrogen-bond acceptors (Lipinski definition) is 7. The highest BCUT2D eigenvalue weighted by molar-refractivity contribution is 7.09. The van der Waals surface area contributed by atoms with Crippen molar-refractivity contribution in [3.8, 4) is 0 Å². The minimum atomic E-state index is 0.281. The molecule has 0 saturated carbocycles. The molecule has 7 nitrogen and oxygen atoms in total. The predicted molar refractivity (Wildman–Crippen MR) is 110 cm³/mol. The van der Waals surface area contributed by atoms with Crippen LogP contribution in [0.5, 0.6) is 0 Å². The summed E-state index contributed by atoms with van der Waals surface area (Å²) in [4.78, 5) is 10.5. The molecule has 1 fully saturated rings. The van der Waals surface area contributed by atoms with E-state index in [1.165, 1.54) is 10.4 Å². The van der Waals surface area contributed by atoms with Gasteiger partial charge in [-0.05, 0) is 46.0 Å². The van der Waals surface area contributed by atoms with E-state index in [0.717, 1.165) is 57.9 Å². The SMILES string of the molecule is CCC[C@@H](c1nnnn1Cc1cccs1)N1CCN(Cc2ccncc2)CC1. The van der Waals surface area contributed by atoms with Crippen LogP contribution in [0.25, 0.3) is 0 Å². The van der Waals surface area contributed by atoms with E-state index < -0.39 is 0 Å². The maximum Gasteiger partial charge on any atom is 0.168 e. The van der Waals surface area contributed by atoms with Gasteiger partial charge in [-0.25, -0.2) is 4.68 Å². The standard InChI is InChI=1S/C20H27N7S/c1-2-4-19(20-22-23-24-27(20)16-18-5-3-14-28-18)26-12-10-25(11-13-26)15-17-6-8-21-9-7-17/h3,5-9,14,19H,2,4,10-13,15-16H2,1H3/t19-/m0/s1. The lowest BCUT2D eigenvalue weighted by atomic mass is 10.1. The van der Waals surface area contributed by atoms with E-state index in [9.17, 15) is 0 Å². The highest BCUT2D eigenvalue weighted by Gasteiger charge is 2.28. The number of aromatic nitrogens is 5. The fourth-order valence-corrected chi connectivity index (χ4v) is 4.53. The molecule has 0 aliphatic carbocycles. The summed E-state index contributed by atoms with van der Waals surface area (Å²) in [6.07, 6.45) is 5.94. The summed E-state index contributed by atoms with van der Waals surface area (Å²) >= 11 is 1.75. The summed E-state index contributed by atoms with van der Waals surface area (Å²) in [5.74, 6) is 0.998. The second-order valence-corrected chi connectivity index (χ2v) is 8.28. The Balaban J connectivity index is 1.41. The van der Waals surface area contributed by atoms with Gasteiger partial charge in [-0.1, -0.05) is 19.4 Å². The third kappa shape index (κ3) is 4.63. The smallest absolute Gasteiger partial charge is 0.168 e. The van der Waals surface area contributed by atoms with Crippen molar-refractivity contribution in [1.82, 2.24) is 35.0 Å². The summed E-state index contributed by atoms with van der Waals surface area (Å²) in [6, 6.07) is 8.71. The maximum absolute atomic E-state index is 4.42. The van der Waals surface area contributed by atoms with E-state index >= 15 is 0 Å². The molecule has 28 heavy (non-hydrogen) atoms. The number of nitrogens with zero attached hydrogens (tertiary/aromatic N) is 7. The van der Waals surface area contributed by atoms with Crippen molar-refractivity contribution in [1.29, 1.82) is 0 Å². The van der Waals surface area contributed by atoms with E-state index in [4.69, 9.17) is 0 Å². The zero-order valence-corrected chi connectivity index (χ0v) is 17.1. The lowest BCUT2D eigenvalue weighted by Crippen LogP contribution is -2.47. The highest BCUT2D eigenvalue weighted by Crippen LogP contribution is 2.26. The molecule has 0 amide bonds. The summed E-state index contributed by atoms with van der Waals surface area (Å²) in [7, 11) is 0. The van der Waals surface area contributed by atoms with Crippen molar-refractivity contribution in [2.75, 3.05) is 26.2 Å². The molecule has 0 unspecified atom stereocenters. The molecular weight excluding hydrogens is 370 g/mol. The summed E-state index contributed by atoms with van der Waals surface area (Å²) in [6.45, 7) is 8.19. The van der Waals surface area contributed by atoms with Gasteiger partial charge in [-0.15, -0.1) is 16.4 Å². The Morgan fingerprint density at radius 3 is 2.61 bits per heavy atom.